The number of carbonyl (C=O) groups excluding carboxylic acids is 2. The van der Waals surface area contributed by atoms with Crippen molar-refractivity contribution < 1.29 is 19.5 Å². The summed E-state index contributed by atoms with van der Waals surface area (Å²) in [5.74, 6) is -1.44. The number of halogens is 1. The molecule has 0 heterocycles. The smallest absolute Gasteiger partial charge is 0.320 e. The van der Waals surface area contributed by atoms with E-state index in [-0.39, 0.29) is 24.7 Å². The fourth-order valence-electron chi connectivity index (χ4n) is 2.09. The van der Waals surface area contributed by atoms with Crippen molar-refractivity contribution in [2.75, 3.05) is 13.1 Å². The van der Waals surface area contributed by atoms with Gasteiger partial charge in [-0.15, -0.1) is 0 Å². The molecule has 7 nitrogen and oxygen atoms in total. The van der Waals surface area contributed by atoms with Crippen molar-refractivity contribution in [2.45, 2.75) is 38.1 Å². The number of aryl methyl sites for hydroxylation is 1. The molecule has 0 aliphatic carbocycles. The second kappa shape index (κ2) is 11.8. The fraction of sp³-hybridized carbons (Fsp3) is 0.471. The largest absolute Gasteiger partial charge is 0.480 e. The summed E-state index contributed by atoms with van der Waals surface area (Å²) in [4.78, 5) is 33.7. The zero-order chi connectivity index (χ0) is 18.7. The molecule has 0 radical (unpaired) electrons. The molecule has 0 saturated heterocycles. The van der Waals surface area contributed by atoms with Crippen molar-refractivity contribution >= 4 is 40.4 Å². The maximum atomic E-state index is 11.7. The summed E-state index contributed by atoms with van der Waals surface area (Å²) in [6.07, 6.45) is 2.20. The van der Waals surface area contributed by atoms with Crippen LogP contribution < -0.4 is 16.4 Å². The van der Waals surface area contributed by atoms with Gasteiger partial charge >= 0.3 is 5.97 Å². The Kier molecular flexibility index (Phi) is 10.1. The number of rotatable bonds is 11. The van der Waals surface area contributed by atoms with Crippen molar-refractivity contribution in [1.82, 2.24) is 10.6 Å². The summed E-state index contributed by atoms with van der Waals surface area (Å²) in [7, 11) is 0. The monoisotopic (exact) mass is 461 g/mol. The third-order valence-corrected chi connectivity index (χ3v) is 4.27. The average molecular weight is 461 g/mol. The predicted molar refractivity (Wildman–Crippen MR) is 103 cm³/mol. The van der Waals surface area contributed by atoms with Crippen LogP contribution in [0.25, 0.3) is 0 Å². The zero-order valence-corrected chi connectivity index (χ0v) is 16.1. The second-order valence-corrected chi connectivity index (χ2v) is 6.91. The van der Waals surface area contributed by atoms with Crippen LogP contribution >= 0.6 is 22.6 Å². The third kappa shape index (κ3) is 10.0. The fourth-order valence-corrected chi connectivity index (χ4v) is 2.45. The number of hydrogen-bond acceptors (Lipinski definition) is 4. The predicted octanol–water partition coefficient (Wildman–Crippen LogP) is 1.04. The quantitative estimate of drug-likeness (QED) is 0.290. The second-order valence-electron chi connectivity index (χ2n) is 5.66. The minimum Gasteiger partial charge on any atom is -0.480 e. The number of carboxylic acid groups (broad SMARTS) is 1. The van der Waals surface area contributed by atoms with E-state index in [1.165, 1.54) is 9.13 Å². The van der Waals surface area contributed by atoms with E-state index in [1.54, 1.807) is 0 Å². The summed E-state index contributed by atoms with van der Waals surface area (Å²) in [6, 6.07) is 7.18. The number of hydrogen-bond donors (Lipinski definition) is 4. The molecular weight excluding hydrogens is 437 g/mol. The molecule has 1 aromatic carbocycles. The van der Waals surface area contributed by atoms with Gasteiger partial charge < -0.3 is 21.5 Å². The molecule has 2 amide bonds. The maximum Gasteiger partial charge on any atom is 0.320 e. The topological polar surface area (TPSA) is 122 Å². The Morgan fingerprint density at radius 3 is 2.16 bits per heavy atom. The molecule has 5 N–H and O–H groups in total. The molecule has 0 unspecified atom stereocenters. The van der Waals surface area contributed by atoms with Crippen LogP contribution in [-0.2, 0) is 20.8 Å². The Morgan fingerprint density at radius 1 is 1.04 bits per heavy atom. The first kappa shape index (κ1) is 21.4. The maximum absolute atomic E-state index is 11.7. The minimum atomic E-state index is -1.12. The number of carbonyl (C=O) groups is 3. The van der Waals surface area contributed by atoms with Gasteiger partial charge in [0.25, 0.3) is 0 Å². The molecule has 0 aliphatic heterocycles. The SMILES string of the molecule is N[C@@H](CCC(=O)NCCNC(=O)CCCc1ccc(I)cc1)C(=O)O. The van der Waals surface area contributed by atoms with Crippen LogP contribution in [0.5, 0.6) is 0 Å². The van der Waals surface area contributed by atoms with E-state index in [0.29, 0.717) is 19.5 Å². The molecule has 0 fully saturated rings. The summed E-state index contributed by atoms with van der Waals surface area (Å²) >= 11 is 2.25. The Morgan fingerprint density at radius 2 is 1.60 bits per heavy atom. The highest BCUT2D eigenvalue weighted by atomic mass is 127. The molecule has 0 bridgehead atoms. The van der Waals surface area contributed by atoms with Crippen LogP contribution in [0.15, 0.2) is 24.3 Å². The van der Waals surface area contributed by atoms with Crippen molar-refractivity contribution in [3.8, 4) is 0 Å². The van der Waals surface area contributed by atoms with E-state index < -0.39 is 12.0 Å². The molecule has 138 valence electrons. The van der Waals surface area contributed by atoms with Crippen LogP contribution in [0.3, 0.4) is 0 Å². The van der Waals surface area contributed by atoms with Crippen LogP contribution in [-0.4, -0.2) is 42.0 Å². The minimum absolute atomic E-state index is 0.0485. The highest BCUT2D eigenvalue weighted by molar-refractivity contribution is 14.1. The van der Waals surface area contributed by atoms with Crippen molar-refractivity contribution in [3.05, 3.63) is 33.4 Å². The van der Waals surface area contributed by atoms with E-state index in [0.717, 1.165) is 12.8 Å². The third-order valence-electron chi connectivity index (χ3n) is 3.55. The molecule has 0 saturated carbocycles. The van der Waals surface area contributed by atoms with Gasteiger partial charge in [0.2, 0.25) is 11.8 Å². The molecule has 0 aromatic heterocycles. The Balaban J connectivity index is 2.05. The highest BCUT2D eigenvalue weighted by Gasteiger charge is 2.13. The summed E-state index contributed by atoms with van der Waals surface area (Å²) in [6.45, 7) is 0.656. The Hall–Kier alpha value is -1.68. The lowest BCUT2D eigenvalue weighted by Gasteiger charge is -2.08. The molecule has 1 atom stereocenters. The summed E-state index contributed by atoms with van der Waals surface area (Å²) in [5.41, 5.74) is 6.53. The van der Waals surface area contributed by atoms with Crippen LogP contribution in [0.2, 0.25) is 0 Å². The van der Waals surface area contributed by atoms with E-state index in [2.05, 4.69) is 45.4 Å². The van der Waals surface area contributed by atoms with Crippen LogP contribution in [0.4, 0.5) is 0 Å². The molecule has 8 heteroatoms. The van der Waals surface area contributed by atoms with Gasteiger partial charge in [0.05, 0.1) is 0 Å². The first-order valence-corrected chi connectivity index (χ1v) is 9.22. The molecule has 25 heavy (non-hydrogen) atoms. The number of nitrogens with one attached hydrogen (secondary N) is 2. The van der Waals surface area contributed by atoms with Gasteiger partial charge in [-0.3, -0.25) is 14.4 Å². The number of benzene rings is 1. The summed E-state index contributed by atoms with van der Waals surface area (Å²) in [5, 5.41) is 14.0. The Bertz CT molecular complexity index is 578. The van der Waals surface area contributed by atoms with E-state index in [4.69, 9.17) is 10.8 Å². The van der Waals surface area contributed by atoms with Gasteiger partial charge in [0, 0.05) is 29.5 Å². The molecule has 1 rings (SSSR count). The van der Waals surface area contributed by atoms with Crippen molar-refractivity contribution in [3.63, 3.8) is 0 Å². The van der Waals surface area contributed by atoms with Gasteiger partial charge in [0.1, 0.15) is 6.04 Å². The first-order chi connectivity index (χ1) is 11.9. The van der Waals surface area contributed by atoms with Crippen molar-refractivity contribution in [1.29, 1.82) is 0 Å². The zero-order valence-electron chi connectivity index (χ0n) is 14.0. The number of aliphatic carboxylic acids is 1. The average Bonchev–Trinajstić information content (AvgIpc) is 2.58. The lowest BCUT2D eigenvalue weighted by molar-refractivity contribution is -0.138. The van der Waals surface area contributed by atoms with Gasteiger partial charge in [-0.1, -0.05) is 12.1 Å². The van der Waals surface area contributed by atoms with Gasteiger partial charge in [-0.2, -0.15) is 0 Å². The lowest BCUT2D eigenvalue weighted by atomic mass is 10.1. The molecular formula is C17H24IN3O4. The van der Waals surface area contributed by atoms with Gasteiger partial charge in [-0.05, 0) is 59.5 Å². The van der Waals surface area contributed by atoms with E-state index in [9.17, 15) is 14.4 Å². The summed E-state index contributed by atoms with van der Waals surface area (Å²) < 4.78 is 1.19. The van der Waals surface area contributed by atoms with Gasteiger partial charge in [-0.25, -0.2) is 0 Å². The normalized spacial score (nSPS) is 11.6. The van der Waals surface area contributed by atoms with Crippen LogP contribution in [0.1, 0.15) is 31.2 Å². The lowest BCUT2D eigenvalue weighted by Crippen LogP contribution is -2.36. The number of nitrogens with two attached hydrogens (primary N) is 1. The van der Waals surface area contributed by atoms with E-state index >= 15 is 0 Å². The highest BCUT2D eigenvalue weighted by Crippen LogP contribution is 2.09. The Labute approximate surface area is 160 Å². The molecule has 1 aromatic rings. The number of amides is 2. The van der Waals surface area contributed by atoms with Crippen LogP contribution in [0, 0.1) is 3.57 Å². The standard InChI is InChI=1S/C17H24IN3O4/c18-13-6-4-12(5-7-13)2-1-3-15(22)20-10-11-21-16(23)9-8-14(19)17(24)25/h4-7,14H,1-3,8-11,19H2,(H,20,22)(H,21,23)(H,24,25)/t14-/m0/s1. The van der Waals surface area contributed by atoms with Gasteiger partial charge in [0.15, 0.2) is 0 Å². The first-order valence-electron chi connectivity index (χ1n) is 8.14. The van der Waals surface area contributed by atoms with Crippen molar-refractivity contribution in [2.24, 2.45) is 5.73 Å². The number of carboxylic acids is 1. The van der Waals surface area contributed by atoms with E-state index in [1.807, 2.05) is 12.1 Å². The molecule has 0 spiro atoms. The molecule has 0 aliphatic rings.